The maximum absolute atomic E-state index is 9.84. The van der Waals surface area contributed by atoms with Gasteiger partial charge in [0.2, 0.25) is 0 Å². The van der Waals surface area contributed by atoms with Crippen molar-refractivity contribution in [3.8, 4) is 0 Å². The molecule has 2 rings (SSSR count). The Morgan fingerprint density at radius 1 is 0.786 bits per heavy atom. The highest BCUT2D eigenvalue weighted by Crippen LogP contribution is 2.23. The lowest BCUT2D eigenvalue weighted by atomic mass is 9.89. The van der Waals surface area contributed by atoms with Crippen LogP contribution < -0.4 is 5.32 Å². The largest absolute Gasteiger partial charge is 0.392 e. The first kappa shape index (κ1) is 10.4. The van der Waals surface area contributed by atoms with Crippen molar-refractivity contribution in [2.75, 3.05) is 0 Å². The highest BCUT2D eigenvalue weighted by molar-refractivity contribution is 4.84. The summed E-state index contributed by atoms with van der Waals surface area (Å²) in [5.74, 6) is 0. The zero-order chi connectivity index (χ0) is 9.80. The molecular formula is C12H23NO. The summed E-state index contributed by atoms with van der Waals surface area (Å²) in [5.41, 5.74) is 0. The van der Waals surface area contributed by atoms with E-state index in [1.165, 1.54) is 51.4 Å². The molecule has 2 nitrogen and oxygen atoms in total. The average Bonchev–Trinajstić information content (AvgIpc) is 2.23. The number of nitrogens with one attached hydrogen (secondary N) is 1. The van der Waals surface area contributed by atoms with Gasteiger partial charge in [-0.1, -0.05) is 32.1 Å². The number of aliphatic hydroxyl groups excluding tert-OH is 1. The molecular weight excluding hydrogens is 174 g/mol. The van der Waals surface area contributed by atoms with E-state index < -0.39 is 0 Å². The standard InChI is InChI=1S/C12H23NO/c14-12-9-5-4-8-11(12)13-10-6-2-1-3-7-10/h10-14H,1-9H2/t11-,12+/m1/s1. The number of rotatable bonds is 2. The summed E-state index contributed by atoms with van der Waals surface area (Å²) in [6, 6.07) is 1.09. The maximum atomic E-state index is 9.84. The summed E-state index contributed by atoms with van der Waals surface area (Å²) < 4.78 is 0. The molecule has 0 aromatic rings. The zero-order valence-electron chi connectivity index (χ0n) is 9.04. The predicted molar refractivity (Wildman–Crippen MR) is 58.3 cm³/mol. The van der Waals surface area contributed by atoms with Gasteiger partial charge in [0.05, 0.1) is 6.10 Å². The highest BCUT2D eigenvalue weighted by atomic mass is 16.3. The van der Waals surface area contributed by atoms with Crippen molar-refractivity contribution < 1.29 is 5.11 Å². The predicted octanol–water partition coefficient (Wildman–Crippen LogP) is 2.21. The van der Waals surface area contributed by atoms with Crippen molar-refractivity contribution in [2.45, 2.75) is 76.0 Å². The Hall–Kier alpha value is -0.0800. The second-order valence-electron chi connectivity index (χ2n) is 4.96. The molecule has 0 bridgehead atoms. The van der Waals surface area contributed by atoms with Crippen molar-refractivity contribution in [3.63, 3.8) is 0 Å². The monoisotopic (exact) mass is 197 g/mol. The van der Waals surface area contributed by atoms with Gasteiger partial charge in [-0.25, -0.2) is 0 Å². The van der Waals surface area contributed by atoms with Gasteiger partial charge < -0.3 is 10.4 Å². The molecule has 2 aliphatic carbocycles. The minimum Gasteiger partial charge on any atom is -0.392 e. The van der Waals surface area contributed by atoms with E-state index in [1.807, 2.05) is 0 Å². The topological polar surface area (TPSA) is 32.3 Å². The van der Waals surface area contributed by atoms with Gasteiger partial charge in [0.25, 0.3) is 0 Å². The summed E-state index contributed by atoms with van der Waals surface area (Å²) in [4.78, 5) is 0. The van der Waals surface area contributed by atoms with Crippen LogP contribution in [0.3, 0.4) is 0 Å². The first-order valence-electron chi connectivity index (χ1n) is 6.30. The zero-order valence-corrected chi connectivity index (χ0v) is 9.04. The van der Waals surface area contributed by atoms with Crippen LogP contribution in [0.25, 0.3) is 0 Å². The van der Waals surface area contributed by atoms with Gasteiger partial charge in [0, 0.05) is 12.1 Å². The van der Waals surface area contributed by atoms with E-state index in [9.17, 15) is 5.11 Å². The Labute approximate surface area is 87.1 Å². The molecule has 2 N–H and O–H groups in total. The fourth-order valence-electron chi connectivity index (χ4n) is 2.88. The molecule has 2 aliphatic rings. The van der Waals surface area contributed by atoms with E-state index in [0.29, 0.717) is 12.1 Å². The van der Waals surface area contributed by atoms with Gasteiger partial charge >= 0.3 is 0 Å². The van der Waals surface area contributed by atoms with Crippen LogP contribution in [0.15, 0.2) is 0 Å². The quantitative estimate of drug-likeness (QED) is 0.711. The smallest absolute Gasteiger partial charge is 0.0693 e. The molecule has 0 aromatic carbocycles. The van der Waals surface area contributed by atoms with Crippen molar-refractivity contribution >= 4 is 0 Å². The third-order valence-corrected chi connectivity index (χ3v) is 3.78. The average molecular weight is 197 g/mol. The number of hydrogen-bond acceptors (Lipinski definition) is 2. The summed E-state index contributed by atoms with van der Waals surface area (Å²) >= 11 is 0. The molecule has 0 aliphatic heterocycles. The van der Waals surface area contributed by atoms with Gasteiger partial charge in [-0.05, 0) is 25.7 Å². The van der Waals surface area contributed by atoms with Gasteiger partial charge in [0.15, 0.2) is 0 Å². The van der Waals surface area contributed by atoms with Crippen LogP contribution in [0.2, 0.25) is 0 Å². The molecule has 82 valence electrons. The molecule has 2 saturated carbocycles. The van der Waals surface area contributed by atoms with Gasteiger partial charge in [0.1, 0.15) is 0 Å². The van der Waals surface area contributed by atoms with Crippen molar-refractivity contribution in [1.29, 1.82) is 0 Å². The lowest BCUT2D eigenvalue weighted by molar-refractivity contribution is 0.0816. The van der Waals surface area contributed by atoms with E-state index >= 15 is 0 Å². The Kier molecular flexibility index (Phi) is 3.82. The lowest BCUT2D eigenvalue weighted by Crippen LogP contribution is -2.47. The van der Waals surface area contributed by atoms with Gasteiger partial charge in [-0.3, -0.25) is 0 Å². The van der Waals surface area contributed by atoms with Crippen LogP contribution in [0.5, 0.6) is 0 Å². The summed E-state index contributed by atoms with van der Waals surface area (Å²) in [7, 11) is 0. The second-order valence-corrected chi connectivity index (χ2v) is 4.96. The van der Waals surface area contributed by atoms with Gasteiger partial charge in [-0.15, -0.1) is 0 Å². The Bertz CT molecular complexity index is 166. The maximum Gasteiger partial charge on any atom is 0.0693 e. The normalized spacial score (nSPS) is 35.8. The number of aliphatic hydroxyl groups is 1. The van der Waals surface area contributed by atoms with Gasteiger partial charge in [-0.2, -0.15) is 0 Å². The third-order valence-electron chi connectivity index (χ3n) is 3.78. The van der Waals surface area contributed by atoms with Crippen LogP contribution >= 0.6 is 0 Å². The Balaban J connectivity index is 1.76. The van der Waals surface area contributed by atoms with Crippen LogP contribution in [0, 0.1) is 0 Å². The minimum absolute atomic E-state index is 0.0781. The van der Waals surface area contributed by atoms with E-state index in [1.54, 1.807) is 0 Å². The molecule has 2 fully saturated rings. The van der Waals surface area contributed by atoms with Crippen LogP contribution in [0.1, 0.15) is 57.8 Å². The number of hydrogen-bond donors (Lipinski definition) is 2. The third kappa shape index (κ3) is 2.71. The molecule has 0 radical (unpaired) electrons. The minimum atomic E-state index is -0.0781. The molecule has 0 unspecified atom stereocenters. The second kappa shape index (κ2) is 5.13. The Morgan fingerprint density at radius 3 is 2.14 bits per heavy atom. The first-order chi connectivity index (χ1) is 6.86. The molecule has 0 saturated heterocycles. The van der Waals surface area contributed by atoms with E-state index in [4.69, 9.17) is 0 Å². The van der Waals surface area contributed by atoms with E-state index in [-0.39, 0.29) is 6.10 Å². The molecule has 0 spiro atoms. The summed E-state index contributed by atoms with van der Waals surface area (Å²) in [5, 5.41) is 13.5. The molecule has 2 heteroatoms. The van der Waals surface area contributed by atoms with E-state index in [0.717, 1.165) is 6.42 Å². The first-order valence-corrected chi connectivity index (χ1v) is 6.30. The van der Waals surface area contributed by atoms with Crippen molar-refractivity contribution in [1.82, 2.24) is 5.32 Å². The van der Waals surface area contributed by atoms with Crippen LogP contribution in [0.4, 0.5) is 0 Å². The highest BCUT2D eigenvalue weighted by Gasteiger charge is 2.25. The Morgan fingerprint density at radius 2 is 1.43 bits per heavy atom. The van der Waals surface area contributed by atoms with Crippen LogP contribution in [-0.4, -0.2) is 23.3 Å². The lowest BCUT2D eigenvalue weighted by Gasteiger charge is -2.33. The fraction of sp³-hybridized carbons (Fsp3) is 1.00. The molecule has 2 atom stereocenters. The van der Waals surface area contributed by atoms with E-state index in [2.05, 4.69) is 5.32 Å². The molecule has 0 heterocycles. The van der Waals surface area contributed by atoms with Crippen LogP contribution in [-0.2, 0) is 0 Å². The molecule has 0 aromatic heterocycles. The summed E-state index contributed by atoms with van der Waals surface area (Å²) in [6.45, 7) is 0. The van der Waals surface area contributed by atoms with Crippen molar-refractivity contribution in [3.05, 3.63) is 0 Å². The summed E-state index contributed by atoms with van der Waals surface area (Å²) in [6.07, 6.45) is 11.4. The SMILES string of the molecule is O[C@H]1CCCC[C@H]1NC1CCCCC1. The van der Waals surface area contributed by atoms with Crippen molar-refractivity contribution in [2.24, 2.45) is 0 Å². The fourth-order valence-corrected chi connectivity index (χ4v) is 2.88. The molecule has 0 amide bonds. The molecule has 14 heavy (non-hydrogen) atoms.